The predicted octanol–water partition coefficient (Wildman–Crippen LogP) is 3.55. The van der Waals surface area contributed by atoms with E-state index < -0.39 is 0 Å². The zero-order valence-electron chi connectivity index (χ0n) is 17.1. The zero-order chi connectivity index (χ0) is 21.1. The second kappa shape index (κ2) is 8.67. The second-order valence-corrected chi connectivity index (χ2v) is 8.24. The number of piperazine rings is 1. The molecule has 2 amide bonds. The summed E-state index contributed by atoms with van der Waals surface area (Å²) < 4.78 is 1.82. The maximum Gasteiger partial charge on any atom is 0.257 e. The molecular weight excluding hydrogens is 396 g/mol. The Hall–Kier alpha value is -3.19. The van der Waals surface area contributed by atoms with Gasteiger partial charge in [-0.25, -0.2) is 4.68 Å². The molecule has 0 spiro atoms. The fourth-order valence-corrected chi connectivity index (χ4v) is 4.32. The highest BCUT2D eigenvalue weighted by Crippen LogP contribution is 2.20. The van der Waals surface area contributed by atoms with Crippen LogP contribution in [-0.4, -0.2) is 57.6 Å². The average Bonchev–Trinajstić information content (AvgIpc) is 3.40. The summed E-state index contributed by atoms with van der Waals surface area (Å²) >= 11 is 1.60. The van der Waals surface area contributed by atoms with E-state index in [2.05, 4.69) is 5.10 Å². The highest BCUT2D eigenvalue weighted by molar-refractivity contribution is 7.10. The number of thiophene rings is 1. The molecule has 1 fully saturated rings. The number of aryl methyl sites for hydroxylation is 1. The molecule has 0 bridgehead atoms. The summed E-state index contributed by atoms with van der Waals surface area (Å²) in [6.45, 7) is 5.90. The number of carbonyl (C=O) groups excluding carboxylic acids is 2. The van der Waals surface area contributed by atoms with E-state index in [0.29, 0.717) is 31.7 Å². The van der Waals surface area contributed by atoms with Crippen LogP contribution in [0.1, 0.15) is 26.6 Å². The molecule has 0 unspecified atom stereocenters. The number of benzene rings is 1. The Labute approximate surface area is 180 Å². The first-order valence-corrected chi connectivity index (χ1v) is 10.8. The lowest BCUT2D eigenvalue weighted by Crippen LogP contribution is -2.50. The van der Waals surface area contributed by atoms with Crippen molar-refractivity contribution < 1.29 is 9.59 Å². The standard InChI is InChI=1S/C23H24N4O2S/c1-17-22(18(2)27(24-17)19-7-4-3-5-8-19)23(29)26-14-12-25(13-15-26)21(28)11-10-20-9-6-16-30-20/h3-11,16H,12-15H2,1-2H3/b11-10+. The number of para-hydroxylation sites is 1. The summed E-state index contributed by atoms with van der Waals surface area (Å²) in [5.41, 5.74) is 3.14. The molecule has 1 saturated heterocycles. The van der Waals surface area contributed by atoms with E-state index in [4.69, 9.17) is 0 Å². The molecule has 0 N–H and O–H groups in total. The van der Waals surface area contributed by atoms with Crippen molar-refractivity contribution in [3.63, 3.8) is 0 Å². The predicted molar refractivity (Wildman–Crippen MR) is 119 cm³/mol. The van der Waals surface area contributed by atoms with Gasteiger partial charge in [-0.15, -0.1) is 11.3 Å². The highest BCUT2D eigenvalue weighted by Gasteiger charge is 2.28. The maximum absolute atomic E-state index is 13.2. The van der Waals surface area contributed by atoms with Gasteiger partial charge in [-0.1, -0.05) is 24.3 Å². The quantitative estimate of drug-likeness (QED) is 0.607. The highest BCUT2D eigenvalue weighted by atomic mass is 32.1. The maximum atomic E-state index is 13.2. The molecule has 30 heavy (non-hydrogen) atoms. The molecule has 1 aliphatic heterocycles. The third-order valence-corrected chi connectivity index (χ3v) is 6.16. The molecule has 1 aliphatic rings. The topological polar surface area (TPSA) is 58.4 Å². The van der Waals surface area contributed by atoms with Crippen molar-refractivity contribution in [2.24, 2.45) is 0 Å². The Morgan fingerprint density at radius 2 is 1.67 bits per heavy atom. The van der Waals surface area contributed by atoms with Gasteiger partial charge >= 0.3 is 0 Å². The second-order valence-electron chi connectivity index (χ2n) is 7.26. The summed E-state index contributed by atoms with van der Waals surface area (Å²) in [5.74, 6) is -0.0341. The van der Waals surface area contributed by atoms with Crippen LogP contribution in [0, 0.1) is 13.8 Å². The van der Waals surface area contributed by atoms with Crippen molar-refractivity contribution in [1.82, 2.24) is 19.6 Å². The van der Waals surface area contributed by atoms with Crippen LogP contribution in [0.4, 0.5) is 0 Å². The van der Waals surface area contributed by atoms with E-state index in [0.717, 1.165) is 22.0 Å². The Morgan fingerprint density at radius 3 is 2.33 bits per heavy atom. The lowest BCUT2D eigenvalue weighted by molar-refractivity contribution is -0.127. The van der Waals surface area contributed by atoms with Crippen molar-refractivity contribution in [2.45, 2.75) is 13.8 Å². The van der Waals surface area contributed by atoms with Crippen LogP contribution in [0.25, 0.3) is 11.8 Å². The van der Waals surface area contributed by atoms with Crippen LogP contribution in [-0.2, 0) is 4.79 Å². The fourth-order valence-electron chi connectivity index (χ4n) is 3.71. The summed E-state index contributed by atoms with van der Waals surface area (Å²) in [6.07, 6.45) is 3.46. The van der Waals surface area contributed by atoms with E-state index in [1.807, 2.05) is 77.3 Å². The SMILES string of the molecule is Cc1nn(-c2ccccc2)c(C)c1C(=O)N1CCN(C(=O)/C=C/c2cccs2)CC1. The van der Waals surface area contributed by atoms with E-state index in [9.17, 15) is 9.59 Å². The lowest BCUT2D eigenvalue weighted by atomic mass is 10.1. The van der Waals surface area contributed by atoms with Gasteiger partial charge < -0.3 is 9.80 Å². The Bertz CT molecular complexity index is 1060. The Balaban J connectivity index is 1.42. The molecule has 154 valence electrons. The summed E-state index contributed by atoms with van der Waals surface area (Å²) in [4.78, 5) is 30.3. The van der Waals surface area contributed by atoms with Gasteiger partial charge in [0, 0.05) is 37.1 Å². The number of carbonyl (C=O) groups is 2. The number of hydrogen-bond donors (Lipinski definition) is 0. The van der Waals surface area contributed by atoms with E-state index in [1.54, 1.807) is 22.3 Å². The molecule has 6 nitrogen and oxygen atoms in total. The minimum absolute atomic E-state index is 0.0141. The molecule has 3 aromatic rings. The molecule has 0 atom stereocenters. The van der Waals surface area contributed by atoms with Crippen molar-refractivity contribution in [3.05, 3.63) is 75.7 Å². The minimum Gasteiger partial charge on any atom is -0.336 e. The number of aromatic nitrogens is 2. The summed E-state index contributed by atoms with van der Waals surface area (Å²) in [5, 5.41) is 6.57. The third kappa shape index (κ3) is 4.07. The van der Waals surface area contributed by atoms with Crippen LogP contribution in [0.3, 0.4) is 0 Å². The van der Waals surface area contributed by atoms with Crippen LogP contribution in [0.5, 0.6) is 0 Å². The van der Waals surface area contributed by atoms with Gasteiger partial charge in [0.1, 0.15) is 0 Å². The number of nitrogens with zero attached hydrogens (tertiary/aromatic N) is 4. The van der Waals surface area contributed by atoms with E-state index in [-0.39, 0.29) is 11.8 Å². The molecule has 0 saturated carbocycles. The van der Waals surface area contributed by atoms with Crippen LogP contribution in [0.2, 0.25) is 0 Å². The van der Waals surface area contributed by atoms with E-state index >= 15 is 0 Å². The van der Waals surface area contributed by atoms with Crippen LogP contribution in [0.15, 0.2) is 53.9 Å². The van der Waals surface area contributed by atoms with Crippen molar-refractivity contribution in [1.29, 1.82) is 0 Å². The molecule has 0 aliphatic carbocycles. The zero-order valence-corrected chi connectivity index (χ0v) is 17.9. The molecule has 4 rings (SSSR count). The fraction of sp³-hybridized carbons (Fsp3) is 0.261. The van der Waals surface area contributed by atoms with Crippen LogP contribution >= 0.6 is 11.3 Å². The third-order valence-electron chi connectivity index (χ3n) is 5.32. The Kier molecular flexibility index (Phi) is 5.81. The van der Waals surface area contributed by atoms with Gasteiger partial charge in [0.2, 0.25) is 5.91 Å². The number of rotatable bonds is 4. The van der Waals surface area contributed by atoms with Crippen molar-refractivity contribution in [2.75, 3.05) is 26.2 Å². The first-order valence-electron chi connectivity index (χ1n) is 9.96. The minimum atomic E-state index is -0.0200. The van der Waals surface area contributed by atoms with Gasteiger partial charge in [-0.2, -0.15) is 5.10 Å². The largest absolute Gasteiger partial charge is 0.336 e. The first kappa shape index (κ1) is 20.1. The van der Waals surface area contributed by atoms with Crippen molar-refractivity contribution >= 4 is 29.2 Å². The average molecular weight is 421 g/mol. The normalized spacial score (nSPS) is 14.5. The first-order chi connectivity index (χ1) is 14.5. The Morgan fingerprint density at radius 1 is 0.967 bits per heavy atom. The smallest absolute Gasteiger partial charge is 0.257 e. The monoisotopic (exact) mass is 420 g/mol. The van der Waals surface area contributed by atoms with Crippen molar-refractivity contribution in [3.8, 4) is 5.69 Å². The molecule has 2 aromatic heterocycles. The molecular formula is C23H24N4O2S. The summed E-state index contributed by atoms with van der Waals surface area (Å²) in [6, 6.07) is 13.8. The molecule has 7 heteroatoms. The molecule has 0 radical (unpaired) electrons. The number of amides is 2. The lowest BCUT2D eigenvalue weighted by Gasteiger charge is -2.34. The summed E-state index contributed by atoms with van der Waals surface area (Å²) in [7, 11) is 0. The molecule has 3 heterocycles. The van der Waals surface area contributed by atoms with Gasteiger partial charge in [-0.3, -0.25) is 9.59 Å². The van der Waals surface area contributed by atoms with Gasteiger partial charge in [0.05, 0.1) is 22.6 Å². The van der Waals surface area contributed by atoms with Gasteiger partial charge in [0.25, 0.3) is 5.91 Å². The van der Waals surface area contributed by atoms with Gasteiger partial charge in [-0.05, 0) is 43.5 Å². The molecule has 1 aromatic carbocycles. The van der Waals surface area contributed by atoms with Gasteiger partial charge in [0.15, 0.2) is 0 Å². The number of hydrogen-bond acceptors (Lipinski definition) is 4. The van der Waals surface area contributed by atoms with E-state index in [1.165, 1.54) is 0 Å². The van der Waals surface area contributed by atoms with Crippen LogP contribution < -0.4 is 0 Å².